The Morgan fingerprint density at radius 2 is 2.18 bits per heavy atom. The third kappa shape index (κ3) is 4.77. The number of aliphatic hydroxyl groups excluding tert-OH is 1. The van der Waals surface area contributed by atoms with E-state index in [1.165, 1.54) is 0 Å². The van der Waals surface area contributed by atoms with Crippen LogP contribution in [0.4, 0.5) is 0 Å². The molecule has 0 aromatic rings. The fourth-order valence-electron chi connectivity index (χ4n) is 0.987. The fourth-order valence-corrected chi connectivity index (χ4v) is 0.987. The van der Waals surface area contributed by atoms with E-state index in [2.05, 4.69) is 19.2 Å². The number of rotatable bonds is 5. The molecule has 0 saturated heterocycles. The molecule has 0 spiro atoms. The summed E-state index contributed by atoms with van der Waals surface area (Å²) in [6.45, 7) is 4.69. The lowest BCUT2D eigenvalue weighted by molar-refractivity contribution is 0.247. The Morgan fingerprint density at radius 3 is 2.55 bits per heavy atom. The highest BCUT2D eigenvalue weighted by molar-refractivity contribution is 4.79. The summed E-state index contributed by atoms with van der Waals surface area (Å²) in [4.78, 5) is 0. The quantitative estimate of drug-likeness (QED) is 0.570. The van der Waals surface area contributed by atoms with E-state index in [1.807, 2.05) is 6.07 Å². The zero-order valence-corrected chi connectivity index (χ0v) is 7.17. The second kappa shape index (κ2) is 6.14. The second-order valence-electron chi connectivity index (χ2n) is 2.90. The van der Waals surface area contributed by atoms with Crippen molar-refractivity contribution in [1.29, 1.82) is 5.26 Å². The first-order valence-electron chi connectivity index (χ1n) is 3.93. The molecule has 0 aromatic heterocycles. The summed E-state index contributed by atoms with van der Waals surface area (Å²) in [5, 5.41) is 20.0. The van der Waals surface area contributed by atoms with Crippen molar-refractivity contribution in [1.82, 2.24) is 5.32 Å². The van der Waals surface area contributed by atoms with Gasteiger partial charge in [0.1, 0.15) is 0 Å². The molecule has 3 nitrogen and oxygen atoms in total. The van der Waals surface area contributed by atoms with Crippen LogP contribution < -0.4 is 5.32 Å². The van der Waals surface area contributed by atoms with Crippen LogP contribution in [0.15, 0.2) is 0 Å². The third-order valence-corrected chi connectivity index (χ3v) is 1.69. The topological polar surface area (TPSA) is 56.0 Å². The molecule has 0 radical (unpaired) electrons. The van der Waals surface area contributed by atoms with Crippen LogP contribution in [0.2, 0.25) is 0 Å². The molecule has 11 heavy (non-hydrogen) atoms. The SMILES string of the molecule is CC(C)C(CCO)NCC#N. The summed E-state index contributed by atoms with van der Waals surface area (Å²) >= 11 is 0. The van der Waals surface area contributed by atoms with Crippen LogP contribution >= 0.6 is 0 Å². The minimum atomic E-state index is 0.182. The van der Waals surface area contributed by atoms with E-state index in [4.69, 9.17) is 10.4 Å². The van der Waals surface area contributed by atoms with Crippen LogP contribution in [-0.4, -0.2) is 24.3 Å². The van der Waals surface area contributed by atoms with Gasteiger partial charge in [-0.3, -0.25) is 0 Å². The average Bonchev–Trinajstić information content (AvgIpc) is 1.97. The average molecular weight is 156 g/mol. The van der Waals surface area contributed by atoms with Crippen molar-refractivity contribution in [2.24, 2.45) is 5.92 Å². The van der Waals surface area contributed by atoms with Crippen LogP contribution in [0.5, 0.6) is 0 Å². The number of nitrogens with zero attached hydrogens (tertiary/aromatic N) is 1. The Balaban J connectivity index is 3.62. The van der Waals surface area contributed by atoms with Crippen molar-refractivity contribution >= 4 is 0 Å². The van der Waals surface area contributed by atoms with Crippen LogP contribution in [-0.2, 0) is 0 Å². The molecule has 0 saturated carbocycles. The highest BCUT2D eigenvalue weighted by atomic mass is 16.3. The third-order valence-electron chi connectivity index (χ3n) is 1.69. The Kier molecular flexibility index (Phi) is 5.81. The fraction of sp³-hybridized carbons (Fsp3) is 0.875. The van der Waals surface area contributed by atoms with Crippen molar-refractivity contribution in [2.75, 3.05) is 13.2 Å². The van der Waals surface area contributed by atoms with Gasteiger partial charge in [0.15, 0.2) is 0 Å². The molecule has 0 aliphatic heterocycles. The molecule has 0 aromatic carbocycles. The van der Waals surface area contributed by atoms with E-state index in [9.17, 15) is 0 Å². The summed E-state index contributed by atoms with van der Waals surface area (Å²) < 4.78 is 0. The van der Waals surface area contributed by atoms with Gasteiger partial charge in [-0.25, -0.2) is 0 Å². The maximum absolute atomic E-state index is 8.66. The normalized spacial score (nSPS) is 13.0. The van der Waals surface area contributed by atoms with Crippen molar-refractivity contribution in [3.05, 3.63) is 0 Å². The number of nitriles is 1. The van der Waals surface area contributed by atoms with Gasteiger partial charge in [-0.15, -0.1) is 0 Å². The predicted octanol–water partition coefficient (Wildman–Crippen LogP) is 0.507. The van der Waals surface area contributed by atoms with E-state index < -0.39 is 0 Å². The van der Waals surface area contributed by atoms with Gasteiger partial charge in [-0.05, 0) is 12.3 Å². The first-order valence-corrected chi connectivity index (χ1v) is 3.93. The molecule has 0 fully saturated rings. The molecule has 2 N–H and O–H groups in total. The largest absolute Gasteiger partial charge is 0.396 e. The lowest BCUT2D eigenvalue weighted by Gasteiger charge is -2.19. The summed E-state index contributed by atoms with van der Waals surface area (Å²) in [6, 6.07) is 2.28. The van der Waals surface area contributed by atoms with Gasteiger partial charge in [0.25, 0.3) is 0 Å². The van der Waals surface area contributed by atoms with Gasteiger partial charge < -0.3 is 10.4 Å². The molecule has 64 valence electrons. The molecule has 0 aliphatic rings. The van der Waals surface area contributed by atoms with E-state index in [0.29, 0.717) is 12.5 Å². The van der Waals surface area contributed by atoms with E-state index >= 15 is 0 Å². The van der Waals surface area contributed by atoms with Crippen LogP contribution in [0.25, 0.3) is 0 Å². The van der Waals surface area contributed by atoms with E-state index in [0.717, 1.165) is 6.42 Å². The Hall–Kier alpha value is -0.590. The maximum Gasteiger partial charge on any atom is 0.0843 e. The molecular formula is C8H16N2O. The van der Waals surface area contributed by atoms with E-state index in [-0.39, 0.29) is 12.6 Å². The van der Waals surface area contributed by atoms with Gasteiger partial charge in [0.2, 0.25) is 0 Å². The van der Waals surface area contributed by atoms with Gasteiger partial charge in [-0.2, -0.15) is 5.26 Å². The van der Waals surface area contributed by atoms with Gasteiger partial charge in [-0.1, -0.05) is 13.8 Å². The molecule has 3 heteroatoms. The van der Waals surface area contributed by atoms with Crippen molar-refractivity contribution in [3.63, 3.8) is 0 Å². The monoisotopic (exact) mass is 156 g/mol. The summed E-state index contributed by atoms with van der Waals surface area (Å²) in [7, 11) is 0. The van der Waals surface area contributed by atoms with E-state index in [1.54, 1.807) is 0 Å². The van der Waals surface area contributed by atoms with Crippen molar-refractivity contribution in [3.8, 4) is 6.07 Å². The molecule has 1 atom stereocenters. The molecule has 0 rings (SSSR count). The first-order chi connectivity index (χ1) is 5.22. The lowest BCUT2D eigenvalue weighted by Crippen LogP contribution is -2.34. The minimum absolute atomic E-state index is 0.182. The molecule has 0 bridgehead atoms. The highest BCUT2D eigenvalue weighted by Gasteiger charge is 2.10. The Morgan fingerprint density at radius 1 is 1.55 bits per heavy atom. The molecule has 0 heterocycles. The smallest absolute Gasteiger partial charge is 0.0843 e. The summed E-state index contributed by atoms with van der Waals surface area (Å²) in [5.74, 6) is 0.468. The second-order valence-corrected chi connectivity index (χ2v) is 2.90. The first kappa shape index (κ1) is 10.4. The molecule has 0 aliphatic carbocycles. The number of aliphatic hydroxyl groups is 1. The lowest BCUT2D eigenvalue weighted by atomic mass is 10.0. The predicted molar refractivity (Wildman–Crippen MR) is 43.9 cm³/mol. The Bertz CT molecular complexity index is 129. The molecule has 0 amide bonds. The standard InChI is InChI=1S/C8H16N2O/c1-7(2)8(3-6-11)10-5-4-9/h7-8,10-11H,3,5-6H2,1-2H3. The maximum atomic E-state index is 8.66. The van der Waals surface area contributed by atoms with Gasteiger partial charge in [0.05, 0.1) is 12.6 Å². The summed E-state index contributed by atoms with van der Waals surface area (Å²) in [6.07, 6.45) is 0.722. The minimum Gasteiger partial charge on any atom is -0.396 e. The summed E-state index contributed by atoms with van der Waals surface area (Å²) in [5.41, 5.74) is 0. The highest BCUT2D eigenvalue weighted by Crippen LogP contribution is 2.04. The number of hydrogen-bond acceptors (Lipinski definition) is 3. The van der Waals surface area contributed by atoms with Gasteiger partial charge in [0, 0.05) is 12.6 Å². The van der Waals surface area contributed by atoms with Crippen LogP contribution in [0.3, 0.4) is 0 Å². The number of nitrogens with one attached hydrogen (secondary N) is 1. The van der Waals surface area contributed by atoms with Crippen LogP contribution in [0, 0.1) is 17.2 Å². The Labute approximate surface area is 68.0 Å². The van der Waals surface area contributed by atoms with Crippen molar-refractivity contribution < 1.29 is 5.11 Å². The zero-order valence-electron chi connectivity index (χ0n) is 7.17. The van der Waals surface area contributed by atoms with Crippen LogP contribution in [0.1, 0.15) is 20.3 Å². The molecule has 1 unspecified atom stereocenters. The number of hydrogen-bond donors (Lipinski definition) is 2. The zero-order chi connectivity index (χ0) is 8.69. The molecular weight excluding hydrogens is 140 g/mol. The van der Waals surface area contributed by atoms with Gasteiger partial charge >= 0.3 is 0 Å². The van der Waals surface area contributed by atoms with Crippen molar-refractivity contribution in [2.45, 2.75) is 26.3 Å².